The summed E-state index contributed by atoms with van der Waals surface area (Å²) in [5.41, 5.74) is 10.7. The van der Waals surface area contributed by atoms with E-state index in [0.717, 1.165) is 6.34 Å². The number of rotatable bonds is 2. The highest BCUT2D eigenvalue weighted by atomic mass is 19.4. The third kappa shape index (κ3) is 3.21. The summed E-state index contributed by atoms with van der Waals surface area (Å²) >= 11 is 0. The highest BCUT2D eigenvalue weighted by Gasteiger charge is 2.34. The number of nitrogens with one attached hydrogen (secondary N) is 1. The van der Waals surface area contributed by atoms with E-state index in [1.54, 1.807) is 0 Å². The molecule has 0 spiro atoms. The molecule has 8 heteroatoms. The van der Waals surface area contributed by atoms with Crippen LogP contribution in [0.1, 0.15) is 12.8 Å². The Labute approximate surface area is 78.1 Å². The van der Waals surface area contributed by atoms with Crippen LogP contribution in [-0.2, 0) is 0 Å². The van der Waals surface area contributed by atoms with E-state index in [0.29, 0.717) is 0 Å². The number of hydrogen-bond acceptors (Lipinski definition) is 5. The van der Waals surface area contributed by atoms with E-state index in [9.17, 15) is 13.2 Å². The second-order valence-electron chi connectivity index (χ2n) is 2.89. The van der Waals surface area contributed by atoms with Crippen LogP contribution in [0.4, 0.5) is 13.2 Å². The first-order valence-corrected chi connectivity index (χ1v) is 3.82. The molecule has 0 saturated heterocycles. The van der Waals surface area contributed by atoms with Crippen molar-refractivity contribution in [1.29, 1.82) is 0 Å². The molecule has 0 bridgehead atoms. The average molecular weight is 209 g/mol. The van der Waals surface area contributed by atoms with Gasteiger partial charge >= 0.3 is 6.18 Å². The first-order chi connectivity index (χ1) is 6.31. The summed E-state index contributed by atoms with van der Waals surface area (Å²) in [5, 5.41) is 2.41. The summed E-state index contributed by atoms with van der Waals surface area (Å²) < 4.78 is 35.6. The quantitative estimate of drug-likeness (QED) is 0.592. The highest BCUT2D eigenvalue weighted by Crippen LogP contribution is 2.26. The number of nitrogens with two attached hydrogens (primary N) is 2. The van der Waals surface area contributed by atoms with Crippen LogP contribution in [0.15, 0.2) is 9.98 Å². The lowest BCUT2D eigenvalue weighted by Crippen LogP contribution is -2.46. The van der Waals surface area contributed by atoms with Crippen molar-refractivity contribution in [3.05, 3.63) is 0 Å². The van der Waals surface area contributed by atoms with Crippen LogP contribution in [0.2, 0.25) is 0 Å². The minimum absolute atomic E-state index is 0.0373. The molecule has 80 valence electrons. The van der Waals surface area contributed by atoms with E-state index in [4.69, 9.17) is 11.5 Å². The van der Waals surface area contributed by atoms with Crippen LogP contribution >= 0.6 is 0 Å². The van der Waals surface area contributed by atoms with E-state index in [2.05, 4.69) is 15.3 Å². The van der Waals surface area contributed by atoms with Crippen molar-refractivity contribution < 1.29 is 13.2 Å². The van der Waals surface area contributed by atoms with E-state index >= 15 is 0 Å². The van der Waals surface area contributed by atoms with Crippen LogP contribution in [-0.4, -0.2) is 24.3 Å². The fraction of sp³-hybridized carbons (Fsp3) is 0.667. The Kier molecular flexibility index (Phi) is 2.65. The molecule has 0 radical (unpaired) electrons. The molecule has 0 aromatic heterocycles. The summed E-state index contributed by atoms with van der Waals surface area (Å²) in [6.07, 6.45) is -4.59. The van der Waals surface area contributed by atoms with Gasteiger partial charge in [-0.25, -0.2) is 9.98 Å². The molecular weight excluding hydrogens is 199 g/mol. The maximum atomic E-state index is 11.9. The van der Waals surface area contributed by atoms with Crippen molar-refractivity contribution in [3.8, 4) is 0 Å². The van der Waals surface area contributed by atoms with Crippen molar-refractivity contribution >= 4 is 12.3 Å². The molecule has 1 aliphatic rings. The maximum Gasteiger partial charge on any atom is 0.389 e. The first kappa shape index (κ1) is 10.8. The van der Waals surface area contributed by atoms with Gasteiger partial charge in [-0.1, -0.05) is 0 Å². The van der Waals surface area contributed by atoms with Gasteiger partial charge in [-0.05, 0) is 0 Å². The Balaban J connectivity index is 2.58. The predicted molar refractivity (Wildman–Crippen MR) is 45.5 cm³/mol. The Hall–Kier alpha value is -1.31. The zero-order chi connectivity index (χ0) is 10.8. The van der Waals surface area contributed by atoms with Gasteiger partial charge in [0.15, 0.2) is 5.96 Å². The number of halogens is 3. The zero-order valence-electron chi connectivity index (χ0n) is 7.17. The predicted octanol–water partition coefficient (Wildman–Crippen LogP) is -0.112. The minimum Gasteiger partial charge on any atom is -0.370 e. The Morgan fingerprint density at radius 3 is 2.64 bits per heavy atom. The maximum absolute atomic E-state index is 11.9. The molecule has 1 atom stereocenters. The number of guanidine groups is 1. The zero-order valence-corrected chi connectivity index (χ0v) is 7.17. The monoisotopic (exact) mass is 209 g/mol. The van der Waals surface area contributed by atoms with Gasteiger partial charge in [0.2, 0.25) is 5.79 Å². The number of aliphatic imine (C=N–C) groups is 2. The standard InChI is InChI=1S/C6H10F3N5/c7-5(8,9)1-2-6(11)13-3-12-4(10)14-6/h3H,1-2,11H2,(H3,10,12,13,14). The van der Waals surface area contributed by atoms with E-state index < -0.39 is 24.8 Å². The molecule has 0 amide bonds. The lowest BCUT2D eigenvalue weighted by molar-refractivity contribution is -0.138. The smallest absolute Gasteiger partial charge is 0.370 e. The summed E-state index contributed by atoms with van der Waals surface area (Å²) in [6.45, 7) is 0. The van der Waals surface area contributed by atoms with Crippen molar-refractivity contribution in [2.75, 3.05) is 0 Å². The van der Waals surface area contributed by atoms with E-state index in [1.807, 2.05) is 0 Å². The van der Waals surface area contributed by atoms with Gasteiger partial charge in [0.1, 0.15) is 0 Å². The van der Waals surface area contributed by atoms with Gasteiger partial charge in [-0.15, -0.1) is 0 Å². The van der Waals surface area contributed by atoms with Gasteiger partial charge in [0.25, 0.3) is 0 Å². The van der Waals surface area contributed by atoms with Gasteiger partial charge in [-0.2, -0.15) is 13.2 Å². The summed E-state index contributed by atoms with van der Waals surface area (Å²) in [7, 11) is 0. The Morgan fingerprint density at radius 1 is 1.50 bits per heavy atom. The van der Waals surface area contributed by atoms with Gasteiger partial charge in [0, 0.05) is 12.8 Å². The topological polar surface area (TPSA) is 88.8 Å². The van der Waals surface area contributed by atoms with Crippen LogP contribution in [0.3, 0.4) is 0 Å². The molecule has 5 N–H and O–H groups in total. The van der Waals surface area contributed by atoms with Gasteiger partial charge in [0.05, 0.1) is 6.34 Å². The third-order valence-corrected chi connectivity index (χ3v) is 1.59. The van der Waals surface area contributed by atoms with Crippen LogP contribution in [0, 0.1) is 0 Å². The van der Waals surface area contributed by atoms with Crippen molar-refractivity contribution in [1.82, 2.24) is 5.32 Å². The Morgan fingerprint density at radius 2 is 2.14 bits per heavy atom. The number of nitrogens with zero attached hydrogens (tertiary/aromatic N) is 2. The normalized spacial score (nSPS) is 27.0. The van der Waals surface area contributed by atoms with Gasteiger partial charge < -0.3 is 11.1 Å². The molecule has 14 heavy (non-hydrogen) atoms. The molecule has 1 aliphatic heterocycles. The van der Waals surface area contributed by atoms with E-state index in [-0.39, 0.29) is 5.96 Å². The Bertz CT molecular complexity index is 271. The molecular formula is C6H10F3N5. The van der Waals surface area contributed by atoms with Crippen LogP contribution in [0.5, 0.6) is 0 Å². The summed E-state index contributed by atoms with van der Waals surface area (Å²) in [4.78, 5) is 7.17. The average Bonchev–Trinajstić information content (AvgIpc) is 1.99. The molecule has 0 fully saturated rings. The minimum atomic E-state index is -4.27. The molecule has 0 aromatic rings. The van der Waals surface area contributed by atoms with Crippen molar-refractivity contribution in [2.45, 2.75) is 24.8 Å². The summed E-state index contributed by atoms with van der Waals surface area (Å²) in [5.74, 6) is -1.63. The fourth-order valence-corrected chi connectivity index (χ4v) is 0.926. The van der Waals surface area contributed by atoms with Gasteiger partial charge in [-0.3, -0.25) is 5.73 Å². The first-order valence-electron chi connectivity index (χ1n) is 3.82. The molecule has 1 rings (SSSR count). The van der Waals surface area contributed by atoms with Crippen LogP contribution < -0.4 is 16.8 Å². The molecule has 5 nitrogen and oxygen atoms in total. The summed E-state index contributed by atoms with van der Waals surface area (Å²) in [6, 6.07) is 0. The lowest BCUT2D eigenvalue weighted by atomic mass is 10.2. The second-order valence-corrected chi connectivity index (χ2v) is 2.89. The molecule has 0 saturated carbocycles. The van der Waals surface area contributed by atoms with Crippen LogP contribution in [0.25, 0.3) is 0 Å². The van der Waals surface area contributed by atoms with Crippen molar-refractivity contribution in [3.63, 3.8) is 0 Å². The molecule has 1 unspecified atom stereocenters. The van der Waals surface area contributed by atoms with E-state index in [1.165, 1.54) is 0 Å². The molecule has 1 heterocycles. The third-order valence-electron chi connectivity index (χ3n) is 1.59. The SMILES string of the molecule is NC1=NC(N)(CCC(F)(F)F)N=CN1. The molecule has 0 aliphatic carbocycles. The highest BCUT2D eigenvalue weighted by molar-refractivity contribution is 5.90. The molecule has 0 aromatic carbocycles. The lowest BCUT2D eigenvalue weighted by Gasteiger charge is -2.24. The number of alkyl halides is 3. The second kappa shape index (κ2) is 3.45. The largest absolute Gasteiger partial charge is 0.389 e. The number of hydrogen-bond donors (Lipinski definition) is 3. The van der Waals surface area contributed by atoms with Crippen molar-refractivity contribution in [2.24, 2.45) is 21.5 Å². The fourth-order valence-electron chi connectivity index (χ4n) is 0.926.